The van der Waals surface area contributed by atoms with Crippen LogP contribution in [0.2, 0.25) is 0 Å². The molecule has 0 unspecified atom stereocenters. The summed E-state index contributed by atoms with van der Waals surface area (Å²) in [4.78, 5) is -0.255. The Bertz CT molecular complexity index is 590. The van der Waals surface area contributed by atoms with Crippen LogP contribution in [0.5, 0.6) is 5.75 Å². The number of halogens is 4. The van der Waals surface area contributed by atoms with Gasteiger partial charge in [-0.25, -0.2) is 13.1 Å². The van der Waals surface area contributed by atoms with Gasteiger partial charge in [-0.2, -0.15) is 0 Å². The summed E-state index contributed by atoms with van der Waals surface area (Å²) < 4.78 is 66.9. The molecule has 1 aliphatic heterocycles. The molecule has 0 bridgehead atoms. The second-order valence-electron chi connectivity index (χ2n) is 4.69. The number of rotatable bonds is 4. The Morgan fingerprint density at radius 1 is 1.32 bits per heavy atom. The third-order valence-corrected chi connectivity index (χ3v) is 4.49. The molecule has 2 rings (SSSR count). The monoisotopic (exact) mass is 360 g/mol. The van der Waals surface area contributed by atoms with Gasteiger partial charge in [-0.3, -0.25) is 0 Å². The predicted octanol–water partition coefficient (Wildman–Crippen LogP) is 2.04. The summed E-state index contributed by atoms with van der Waals surface area (Å²) in [5.74, 6) is -0.563. The maximum absolute atomic E-state index is 12.1. The Labute approximate surface area is 132 Å². The van der Waals surface area contributed by atoms with Crippen molar-refractivity contribution in [3.63, 3.8) is 0 Å². The number of piperidine rings is 1. The molecule has 0 radical (unpaired) electrons. The lowest BCUT2D eigenvalue weighted by Crippen LogP contribution is -2.45. The number of hydrogen-bond donors (Lipinski definition) is 2. The molecule has 5 nitrogen and oxygen atoms in total. The van der Waals surface area contributed by atoms with E-state index < -0.39 is 22.1 Å². The number of benzene rings is 1. The third kappa shape index (κ3) is 5.64. The molecule has 1 aromatic rings. The zero-order chi connectivity index (χ0) is 15.5. The summed E-state index contributed by atoms with van der Waals surface area (Å²) >= 11 is 0. The van der Waals surface area contributed by atoms with E-state index in [1.54, 1.807) is 0 Å². The topological polar surface area (TPSA) is 67.4 Å². The minimum Gasteiger partial charge on any atom is -0.406 e. The lowest BCUT2D eigenvalue weighted by atomic mass is 10.1. The van der Waals surface area contributed by atoms with Gasteiger partial charge in [-0.1, -0.05) is 6.07 Å². The van der Waals surface area contributed by atoms with Gasteiger partial charge in [0.1, 0.15) is 5.75 Å². The Balaban J connectivity index is 0.00000242. The summed E-state index contributed by atoms with van der Waals surface area (Å²) in [5, 5.41) is 3.05. The molecule has 1 heterocycles. The number of sulfonamides is 1. The quantitative estimate of drug-likeness (QED) is 0.862. The molecule has 0 spiro atoms. The van der Waals surface area contributed by atoms with Crippen molar-refractivity contribution >= 4 is 22.4 Å². The first-order valence-electron chi connectivity index (χ1n) is 6.35. The number of nitrogens with one attached hydrogen (secondary N) is 2. The predicted molar refractivity (Wildman–Crippen MR) is 76.6 cm³/mol. The van der Waals surface area contributed by atoms with E-state index in [1.165, 1.54) is 12.1 Å². The normalized spacial score (nSPS) is 19.3. The SMILES string of the molecule is Cl.O=S(=O)(N[C@@H]1CCCNC1)c1cccc(OC(F)(F)F)c1. The fraction of sp³-hybridized carbons (Fsp3) is 0.500. The second-order valence-corrected chi connectivity index (χ2v) is 6.40. The highest BCUT2D eigenvalue weighted by atomic mass is 35.5. The van der Waals surface area contributed by atoms with Gasteiger partial charge in [-0.15, -0.1) is 25.6 Å². The molecule has 0 aromatic heterocycles. The van der Waals surface area contributed by atoms with E-state index in [9.17, 15) is 21.6 Å². The molecule has 0 amide bonds. The molecular weight excluding hydrogens is 345 g/mol. The summed E-state index contributed by atoms with van der Waals surface area (Å²) in [7, 11) is -3.88. The molecule has 0 saturated carbocycles. The third-order valence-electron chi connectivity index (χ3n) is 2.97. The maximum Gasteiger partial charge on any atom is 0.573 e. The van der Waals surface area contributed by atoms with Gasteiger partial charge in [0.05, 0.1) is 4.90 Å². The molecular formula is C12H16ClF3N2O3S. The van der Waals surface area contributed by atoms with Crippen molar-refractivity contribution in [1.29, 1.82) is 0 Å². The first-order valence-corrected chi connectivity index (χ1v) is 7.83. The molecule has 1 aliphatic rings. The molecule has 0 aliphatic carbocycles. The van der Waals surface area contributed by atoms with E-state index in [0.29, 0.717) is 13.0 Å². The molecule has 10 heteroatoms. The first-order chi connectivity index (χ1) is 9.76. The van der Waals surface area contributed by atoms with Crippen LogP contribution in [0.4, 0.5) is 13.2 Å². The summed E-state index contributed by atoms with van der Waals surface area (Å²) in [6.07, 6.45) is -3.33. The Hall–Kier alpha value is -1.03. The van der Waals surface area contributed by atoms with Crippen LogP contribution in [-0.2, 0) is 10.0 Å². The first kappa shape index (κ1) is 19.0. The molecule has 1 saturated heterocycles. The number of alkyl halides is 3. The Kier molecular flexibility index (Phi) is 6.48. The highest BCUT2D eigenvalue weighted by molar-refractivity contribution is 7.89. The van der Waals surface area contributed by atoms with Crippen LogP contribution in [0, 0.1) is 0 Å². The molecule has 1 fully saturated rings. The summed E-state index contributed by atoms with van der Waals surface area (Å²) in [5.41, 5.74) is 0. The minimum atomic E-state index is -4.86. The highest BCUT2D eigenvalue weighted by Crippen LogP contribution is 2.25. The molecule has 126 valence electrons. The summed E-state index contributed by atoms with van der Waals surface area (Å²) in [6, 6.07) is 4.06. The van der Waals surface area contributed by atoms with Gasteiger partial charge in [0.15, 0.2) is 0 Å². The van der Waals surface area contributed by atoms with Crippen LogP contribution in [0.1, 0.15) is 12.8 Å². The number of hydrogen-bond acceptors (Lipinski definition) is 4. The van der Waals surface area contributed by atoms with Gasteiger partial charge in [-0.05, 0) is 31.5 Å². The van der Waals surface area contributed by atoms with Crippen molar-refractivity contribution in [3.05, 3.63) is 24.3 Å². The fourth-order valence-electron chi connectivity index (χ4n) is 2.08. The number of ether oxygens (including phenoxy) is 1. The van der Waals surface area contributed by atoms with E-state index in [0.717, 1.165) is 25.1 Å². The van der Waals surface area contributed by atoms with Crippen molar-refractivity contribution in [2.45, 2.75) is 30.1 Å². The van der Waals surface area contributed by atoms with Crippen LogP contribution in [0.25, 0.3) is 0 Å². The van der Waals surface area contributed by atoms with E-state index in [1.807, 2.05) is 0 Å². The van der Waals surface area contributed by atoms with Crippen LogP contribution >= 0.6 is 12.4 Å². The molecule has 22 heavy (non-hydrogen) atoms. The van der Waals surface area contributed by atoms with E-state index in [2.05, 4.69) is 14.8 Å². The average molecular weight is 361 g/mol. The van der Waals surface area contributed by atoms with Gasteiger partial charge in [0.2, 0.25) is 10.0 Å². The van der Waals surface area contributed by atoms with E-state index in [4.69, 9.17) is 0 Å². The highest BCUT2D eigenvalue weighted by Gasteiger charge is 2.31. The fourth-order valence-corrected chi connectivity index (χ4v) is 3.38. The van der Waals surface area contributed by atoms with Gasteiger partial charge in [0.25, 0.3) is 0 Å². The minimum absolute atomic E-state index is 0. The molecule has 2 N–H and O–H groups in total. The lowest BCUT2D eigenvalue weighted by molar-refractivity contribution is -0.274. The summed E-state index contributed by atoms with van der Waals surface area (Å²) in [6.45, 7) is 1.32. The Morgan fingerprint density at radius 2 is 2.05 bits per heavy atom. The van der Waals surface area contributed by atoms with Crippen LogP contribution in [-0.4, -0.2) is 33.9 Å². The zero-order valence-corrected chi connectivity index (χ0v) is 13.0. The van der Waals surface area contributed by atoms with Crippen LogP contribution in [0.3, 0.4) is 0 Å². The zero-order valence-electron chi connectivity index (χ0n) is 11.4. The second kappa shape index (κ2) is 7.49. The standard InChI is InChI=1S/C12H15F3N2O3S.ClH/c13-12(14,15)20-10-4-1-5-11(7-10)21(18,19)17-9-3-2-6-16-8-9;/h1,4-5,7,9,16-17H,2-3,6,8H2;1H/t9-;/m1./s1. The Morgan fingerprint density at radius 3 is 2.64 bits per heavy atom. The van der Waals surface area contributed by atoms with E-state index >= 15 is 0 Å². The van der Waals surface area contributed by atoms with Crippen molar-refractivity contribution in [2.75, 3.05) is 13.1 Å². The van der Waals surface area contributed by atoms with Gasteiger partial charge < -0.3 is 10.1 Å². The lowest BCUT2D eigenvalue weighted by Gasteiger charge is -2.23. The molecule has 1 aromatic carbocycles. The maximum atomic E-state index is 12.1. The largest absolute Gasteiger partial charge is 0.573 e. The smallest absolute Gasteiger partial charge is 0.406 e. The van der Waals surface area contributed by atoms with Crippen molar-refractivity contribution < 1.29 is 26.3 Å². The van der Waals surface area contributed by atoms with Crippen LogP contribution < -0.4 is 14.8 Å². The van der Waals surface area contributed by atoms with E-state index in [-0.39, 0.29) is 23.3 Å². The average Bonchev–Trinajstić information content (AvgIpc) is 2.37. The van der Waals surface area contributed by atoms with Crippen molar-refractivity contribution in [2.24, 2.45) is 0 Å². The van der Waals surface area contributed by atoms with Crippen molar-refractivity contribution in [3.8, 4) is 5.75 Å². The van der Waals surface area contributed by atoms with Crippen molar-refractivity contribution in [1.82, 2.24) is 10.0 Å². The van der Waals surface area contributed by atoms with Crippen LogP contribution in [0.15, 0.2) is 29.2 Å². The molecule has 1 atom stereocenters. The van der Waals surface area contributed by atoms with Gasteiger partial charge >= 0.3 is 6.36 Å². The van der Waals surface area contributed by atoms with Gasteiger partial charge in [0, 0.05) is 18.7 Å².